The highest BCUT2D eigenvalue weighted by molar-refractivity contribution is 5.92. The fourth-order valence-corrected chi connectivity index (χ4v) is 3.65. The van der Waals surface area contributed by atoms with Crippen LogP contribution in [-0.2, 0) is 20.8 Å². The van der Waals surface area contributed by atoms with Gasteiger partial charge in [0.1, 0.15) is 12.1 Å². The third-order valence-corrected chi connectivity index (χ3v) is 5.36. The predicted molar refractivity (Wildman–Crippen MR) is 124 cm³/mol. The molecule has 0 aliphatic rings. The van der Waals surface area contributed by atoms with Gasteiger partial charge < -0.3 is 32.2 Å². The molecule has 2 rings (SSSR count). The van der Waals surface area contributed by atoms with Crippen molar-refractivity contribution < 1.29 is 19.5 Å². The normalized spacial score (nSPS) is 14.2. The molecule has 0 unspecified atom stereocenters. The second-order valence-corrected chi connectivity index (χ2v) is 8.54. The van der Waals surface area contributed by atoms with E-state index in [9.17, 15) is 19.5 Å². The Balaban J connectivity index is 2.11. The van der Waals surface area contributed by atoms with Crippen molar-refractivity contribution in [2.45, 2.75) is 64.1 Å². The molecule has 2 amide bonds. The number of unbranched alkanes of at least 4 members (excludes halogenated alkanes) is 1. The maximum Gasteiger partial charge on any atom is 0.326 e. The smallest absolute Gasteiger partial charge is 0.326 e. The van der Waals surface area contributed by atoms with Crippen LogP contribution in [0.25, 0.3) is 10.9 Å². The minimum atomic E-state index is -1.15. The number of aromatic amines is 1. The van der Waals surface area contributed by atoms with Crippen molar-refractivity contribution in [1.82, 2.24) is 15.6 Å². The molecular weight excluding hydrogens is 410 g/mol. The minimum Gasteiger partial charge on any atom is -0.480 e. The lowest BCUT2D eigenvalue weighted by atomic mass is 10.0. The number of carbonyl (C=O) groups excluding carboxylic acids is 2. The number of nitrogens with one attached hydrogen (secondary N) is 3. The van der Waals surface area contributed by atoms with Gasteiger partial charge in [-0.25, -0.2) is 4.79 Å². The summed E-state index contributed by atoms with van der Waals surface area (Å²) >= 11 is 0. The molecule has 1 heterocycles. The number of hydrogen-bond donors (Lipinski definition) is 6. The number of aromatic nitrogens is 1. The van der Waals surface area contributed by atoms with Crippen LogP contribution < -0.4 is 22.1 Å². The zero-order chi connectivity index (χ0) is 23.7. The summed E-state index contributed by atoms with van der Waals surface area (Å²) in [6.07, 6.45) is 4.01. The number of rotatable bonds is 13. The largest absolute Gasteiger partial charge is 0.480 e. The van der Waals surface area contributed by atoms with E-state index in [4.69, 9.17) is 11.5 Å². The third-order valence-electron chi connectivity index (χ3n) is 5.36. The van der Waals surface area contributed by atoms with Gasteiger partial charge in [0.2, 0.25) is 11.8 Å². The maximum atomic E-state index is 13.0. The van der Waals surface area contributed by atoms with Crippen molar-refractivity contribution in [1.29, 1.82) is 0 Å². The topological polar surface area (TPSA) is 163 Å². The Kier molecular flexibility index (Phi) is 9.67. The summed E-state index contributed by atoms with van der Waals surface area (Å²) < 4.78 is 0. The number of aliphatic carboxylic acids is 1. The second-order valence-electron chi connectivity index (χ2n) is 8.54. The zero-order valence-electron chi connectivity index (χ0n) is 18.8. The summed E-state index contributed by atoms with van der Waals surface area (Å²) in [5.41, 5.74) is 13.2. The first-order valence-corrected chi connectivity index (χ1v) is 11.1. The van der Waals surface area contributed by atoms with Crippen molar-refractivity contribution in [3.05, 3.63) is 36.0 Å². The van der Waals surface area contributed by atoms with Crippen molar-refractivity contribution in [3.8, 4) is 0 Å². The SMILES string of the molecule is CC(C)C[C@H](N)C(=O)N[C@@H](CCCCN)C(=O)N[C@@H](Cc1c[nH]c2ccccc12)C(=O)O. The van der Waals surface area contributed by atoms with Gasteiger partial charge >= 0.3 is 5.97 Å². The number of carbonyl (C=O) groups is 3. The highest BCUT2D eigenvalue weighted by atomic mass is 16.4. The van der Waals surface area contributed by atoms with Crippen LogP contribution in [0, 0.1) is 5.92 Å². The highest BCUT2D eigenvalue weighted by Crippen LogP contribution is 2.19. The van der Waals surface area contributed by atoms with Crippen molar-refractivity contribution in [2.24, 2.45) is 17.4 Å². The molecule has 0 saturated carbocycles. The number of hydrogen-bond acceptors (Lipinski definition) is 5. The van der Waals surface area contributed by atoms with Crippen molar-refractivity contribution in [2.75, 3.05) is 6.54 Å². The molecule has 8 N–H and O–H groups in total. The molecular formula is C23H35N5O4. The summed E-state index contributed by atoms with van der Waals surface area (Å²) in [6.45, 7) is 4.38. The van der Waals surface area contributed by atoms with E-state index >= 15 is 0 Å². The lowest BCUT2D eigenvalue weighted by Crippen LogP contribution is -2.55. The molecule has 0 aliphatic heterocycles. The molecule has 3 atom stereocenters. The Hall–Kier alpha value is -2.91. The molecule has 0 spiro atoms. The molecule has 0 bridgehead atoms. The van der Waals surface area contributed by atoms with E-state index in [0.29, 0.717) is 32.2 Å². The molecule has 0 fully saturated rings. The minimum absolute atomic E-state index is 0.113. The van der Waals surface area contributed by atoms with Gasteiger partial charge in [-0.15, -0.1) is 0 Å². The Bertz CT molecular complexity index is 911. The van der Waals surface area contributed by atoms with Crippen LogP contribution in [0.5, 0.6) is 0 Å². The molecule has 9 nitrogen and oxygen atoms in total. The van der Waals surface area contributed by atoms with Crippen LogP contribution in [0.2, 0.25) is 0 Å². The van der Waals surface area contributed by atoms with Gasteiger partial charge in [-0.2, -0.15) is 0 Å². The van der Waals surface area contributed by atoms with Crippen LogP contribution in [-0.4, -0.2) is 52.5 Å². The molecule has 32 heavy (non-hydrogen) atoms. The van der Waals surface area contributed by atoms with Crippen molar-refractivity contribution >= 4 is 28.7 Å². The molecule has 0 saturated heterocycles. The molecule has 1 aromatic carbocycles. The van der Waals surface area contributed by atoms with Crippen LogP contribution in [0.3, 0.4) is 0 Å². The van der Waals surface area contributed by atoms with E-state index in [1.165, 1.54) is 0 Å². The summed E-state index contributed by atoms with van der Waals surface area (Å²) in [5.74, 6) is -1.88. The fourth-order valence-electron chi connectivity index (χ4n) is 3.65. The van der Waals surface area contributed by atoms with Crippen molar-refractivity contribution in [3.63, 3.8) is 0 Å². The van der Waals surface area contributed by atoms with E-state index in [1.807, 2.05) is 38.1 Å². The van der Waals surface area contributed by atoms with Gasteiger partial charge in [0, 0.05) is 23.5 Å². The number of amides is 2. The first-order valence-electron chi connectivity index (χ1n) is 11.1. The molecule has 2 aromatic rings. The highest BCUT2D eigenvalue weighted by Gasteiger charge is 2.28. The fraction of sp³-hybridized carbons (Fsp3) is 0.522. The zero-order valence-corrected chi connectivity index (χ0v) is 18.8. The summed E-state index contributed by atoms with van der Waals surface area (Å²) in [4.78, 5) is 40.4. The summed E-state index contributed by atoms with van der Waals surface area (Å²) in [6, 6.07) is 4.80. The van der Waals surface area contributed by atoms with Gasteiger partial charge in [-0.05, 0) is 49.8 Å². The average Bonchev–Trinajstić information content (AvgIpc) is 3.14. The van der Waals surface area contributed by atoms with E-state index in [1.54, 1.807) is 6.20 Å². The summed E-state index contributed by atoms with van der Waals surface area (Å²) in [7, 11) is 0. The van der Waals surface area contributed by atoms with Crippen LogP contribution in [0.15, 0.2) is 30.5 Å². The maximum absolute atomic E-state index is 13.0. The van der Waals surface area contributed by atoms with Gasteiger partial charge in [-0.3, -0.25) is 9.59 Å². The Morgan fingerprint density at radius 2 is 1.75 bits per heavy atom. The lowest BCUT2D eigenvalue weighted by Gasteiger charge is -2.23. The van der Waals surface area contributed by atoms with Gasteiger partial charge in [0.25, 0.3) is 0 Å². The van der Waals surface area contributed by atoms with Crippen LogP contribution >= 0.6 is 0 Å². The van der Waals surface area contributed by atoms with Gasteiger partial charge in [0.15, 0.2) is 0 Å². The number of carboxylic acid groups (broad SMARTS) is 1. The summed E-state index contributed by atoms with van der Waals surface area (Å²) in [5, 5.41) is 15.9. The Labute approximate surface area is 188 Å². The Morgan fingerprint density at radius 1 is 1.06 bits per heavy atom. The third kappa shape index (κ3) is 7.35. The number of fused-ring (bicyclic) bond motifs is 1. The van der Waals surface area contributed by atoms with Crippen LogP contribution in [0.1, 0.15) is 45.1 Å². The Morgan fingerprint density at radius 3 is 2.41 bits per heavy atom. The van der Waals surface area contributed by atoms with E-state index < -0.39 is 35.9 Å². The predicted octanol–water partition coefficient (Wildman–Crippen LogP) is 1.27. The quantitative estimate of drug-likeness (QED) is 0.254. The second kappa shape index (κ2) is 12.2. The number of para-hydroxylation sites is 1. The molecule has 1 aromatic heterocycles. The van der Waals surface area contributed by atoms with E-state index in [-0.39, 0.29) is 12.3 Å². The van der Waals surface area contributed by atoms with Gasteiger partial charge in [0.05, 0.1) is 6.04 Å². The number of carboxylic acids is 1. The molecule has 176 valence electrons. The lowest BCUT2D eigenvalue weighted by molar-refractivity contribution is -0.142. The number of benzene rings is 1. The molecule has 0 aliphatic carbocycles. The first-order chi connectivity index (χ1) is 15.2. The molecule has 9 heteroatoms. The van der Waals surface area contributed by atoms with Gasteiger partial charge in [-0.1, -0.05) is 32.0 Å². The van der Waals surface area contributed by atoms with Crippen LogP contribution in [0.4, 0.5) is 0 Å². The first kappa shape index (κ1) is 25.4. The number of nitrogens with two attached hydrogens (primary N) is 2. The average molecular weight is 446 g/mol. The van der Waals surface area contributed by atoms with E-state index in [0.717, 1.165) is 16.5 Å². The number of H-pyrrole nitrogens is 1. The monoisotopic (exact) mass is 445 g/mol. The standard InChI is InChI=1S/C23H35N5O4/c1-14(2)11-17(25)21(29)27-19(9-5-6-10-24)22(30)28-20(23(31)32)12-15-13-26-18-8-4-3-7-16(15)18/h3-4,7-8,13-14,17,19-20,26H,5-6,9-12,24-25H2,1-2H3,(H,27,29)(H,28,30)(H,31,32)/t17-,19-,20-/m0/s1. The van der Waals surface area contributed by atoms with E-state index in [2.05, 4.69) is 15.6 Å². The molecule has 0 radical (unpaired) electrons.